The molecule has 0 aliphatic heterocycles. The average Bonchev–Trinajstić information content (AvgIpc) is 3.37. The van der Waals surface area contributed by atoms with E-state index in [-0.39, 0.29) is 45.6 Å². The van der Waals surface area contributed by atoms with E-state index >= 15 is 0 Å². The number of rotatable bonds is 10. The Morgan fingerprint density at radius 2 is 0.892 bits per heavy atom. The molecule has 37 heavy (non-hydrogen) atoms. The monoisotopic (exact) mass is 514 g/mol. The summed E-state index contributed by atoms with van der Waals surface area (Å²) in [5, 5.41) is 22.8. The lowest BCUT2D eigenvalue weighted by atomic mass is 10.1. The third-order valence-corrected chi connectivity index (χ3v) is 4.89. The van der Waals surface area contributed by atoms with Gasteiger partial charge >= 0.3 is 11.9 Å². The fourth-order valence-corrected chi connectivity index (χ4v) is 3.23. The number of benzene rings is 2. The smallest absolute Gasteiger partial charge is 0.347 e. The molecule has 0 unspecified atom stereocenters. The van der Waals surface area contributed by atoms with Crippen LogP contribution in [-0.2, 0) is 0 Å². The Kier molecular flexibility index (Phi) is 7.87. The van der Waals surface area contributed by atoms with Crippen molar-refractivity contribution < 1.29 is 62.2 Å². The summed E-state index contributed by atoms with van der Waals surface area (Å²) < 4.78 is 35.5. The fraction of sp³-hybridized carbons (Fsp3) is 0.167. The van der Waals surface area contributed by atoms with Crippen LogP contribution in [0.1, 0.15) is 41.4 Å². The zero-order valence-electron chi connectivity index (χ0n) is 19.8. The zero-order valence-corrected chi connectivity index (χ0v) is 19.8. The van der Waals surface area contributed by atoms with Gasteiger partial charge in [-0.3, -0.25) is 0 Å². The topological polar surface area (TPSA) is 183 Å². The van der Waals surface area contributed by atoms with Gasteiger partial charge in [0.25, 0.3) is 0 Å². The van der Waals surface area contributed by atoms with Crippen molar-refractivity contribution in [3.05, 3.63) is 59.0 Å². The van der Waals surface area contributed by atoms with Gasteiger partial charge in [-0.05, 0) is 0 Å². The van der Waals surface area contributed by atoms with Gasteiger partial charge in [-0.25, -0.2) is 9.59 Å². The van der Waals surface area contributed by atoms with Gasteiger partial charge in [-0.15, -0.1) is 0 Å². The molecule has 0 bridgehead atoms. The van der Waals surface area contributed by atoms with Gasteiger partial charge in [0.15, 0.2) is 0 Å². The van der Waals surface area contributed by atoms with Crippen LogP contribution in [0.4, 0.5) is 0 Å². The van der Waals surface area contributed by atoms with Crippen LogP contribution in [0.3, 0.4) is 0 Å². The summed E-state index contributed by atoms with van der Waals surface area (Å²) in [6.45, 7) is 0. The maximum absolute atomic E-state index is 12.8. The molecule has 13 heteroatoms. The molecule has 0 saturated carbocycles. The predicted octanol–water partition coefficient (Wildman–Crippen LogP) is 0.479. The molecule has 3 rings (SSSR count). The second-order valence-corrected chi connectivity index (χ2v) is 6.96. The Morgan fingerprint density at radius 1 is 0.595 bits per heavy atom. The lowest BCUT2D eigenvalue weighted by molar-refractivity contribution is -0.256. The summed E-state index contributed by atoms with van der Waals surface area (Å²) in [5.74, 6) is -6.41. The molecule has 0 fully saturated rings. The van der Waals surface area contributed by atoms with Gasteiger partial charge in [0.05, 0.1) is 51.5 Å². The summed E-state index contributed by atoms with van der Waals surface area (Å²) in [6, 6.07) is 4.45. The predicted molar refractivity (Wildman–Crippen MR) is 116 cm³/mol. The first-order valence-electron chi connectivity index (χ1n) is 10.1. The summed E-state index contributed by atoms with van der Waals surface area (Å²) >= 11 is 0. The molecule has 0 atom stereocenters. The van der Waals surface area contributed by atoms with Crippen molar-refractivity contribution in [2.75, 3.05) is 28.4 Å². The van der Waals surface area contributed by atoms with Gasteiger partial charge in [0, 0.05) is 24.3 Å². The van der Waals surface area contributed by atoms with Crippen molar-refractivity contribution in [1.82, 2.24) is 0 Å². The summed E-state index contributed by atoms with van der Waals surface area (Å²) in [5.41, 5.74) is -1.46. The number of carboxylic acids is 2. The quantitative estimate of drug-likeness (QED) is 0.269. The summed E-state index contributed by atoms with van der Waals surface area (Å²) in [6.07, 6.45) is 1.87. The van der Waals surface area contributed by atoms with Crippen molar-refractivity contribution in [2.24, 2.45) is 0 Å². The van der Waals surface area contributed by atoms with Gasteiger partial charge in [0.1, 0.15) is 58.2 Å². The highest BCUT2D eigenvalue weighted by Crippen LogP contribution is 2.35. The van der Waals surface area contributed by atoms with Crippen LogP contribution in [0, 0.1) is 0 Å². The second-order valence-electron chi connectivity index (χ2n) is 6.96. The largest absolute Gasteiger partial charge is 0.545 e. The number of carboxylic acid groups (broad SMARTS) is 2. The van der Waals surface area contributed by atoms with E-state index in [0.717, 1.165) is 36.8 Å². The minimum absolute atomic E-state index is 0.170. The molecule has 0 saturated heterocycles. The molecule has 0 amide bonds. The molecular weight excluding hydrogens is 496 g/mol. The summed E-state index contributed by atoms with van der Waals surface area (Å²) in [4.78, 5) is 48.3. The van der Waals surface area contributed by atoms with E-state index in [1.165, 1.54) is 28.4 Å². The lowest BCUT2D eigenvalue weighted by Gasteiger charge is -2.16. The Hall–Kier alpha value is -5.20. The van der Waals surface area contributed by atoms with E-state index in [0.29, 0.717) is 0 Å². The van der Waals surface area contributed by atoms with E-state index in [1.807, 2.05) is 0 Å². The van der Waals surface area contributed by atoms with Crippen LogP contribution < -0.4 is 38.6 Å². The van der Waals surface area contributed by atoms with Gasteiger partial charge in [-0.1, -0.05) is 0 Å². The molecule has 1 aromatic heterocycles. The van der Waals surface area contributed by atoms with Crippen molar-refractivity contribution >= 4 is 23.9 Å². The second kappa shape index (κ2) is 11.0. The zero-order chi connectivity index (χ0) is 27.3. The van der Waals surface area contributed by atoms with Gasteiger partial charge < -0.3 is 52.6 Å². The number of hydrogen-bond donors (Lipinski definition) is 0. The number of esters is 2. The van der Waals surface area contributed by atoms with Crippen LogP contribution in [0.15, 0.2) is 41.2 Å². The normalized spacial score (nSPS) is 10.3. The number of hydrogen-bond acceptors (Lipinski definition) is 13. The Balaban J connectivity index is 1.88. The maximum Gasteiger partial charge on any atom is 0.347 e. The minimum atomic E-state index is -1.58. The molecule has 0 spiro atoms. The first-order chi connectivity index (χ1) is 17.6. The Labute approximate surface area is 208 Å². The molecule has 0 radical (unpaired) electrons. The maximum atomic E-state index is 12.8. The molecular formula is C24H18O13-2. The molecule has 0 aliphatic rings. The van der Waals surface area contributed by atoms with Crippen LogP contribution in [0.25, 0.3) is 0 Å². The van der Waals surface area contributed by atoms with Crippen molar-refractivity contribution in [3.8, 4) is 34.5 Å². The number of methoxy groups -OCH3 is 4. The van der Waals surface area contributed by atoms with Crippen molar-refractivity contribution in [2.45, 2.75) is 0 Å². The number of furan rings is 1. The molecule has 194 valence electrons. The number of carbonyl (C=O) groups is 4. The first-order valence-corrected chi connectivity index (χ1v) is 10.1. The third-order valence-electron chi connectivity index (χ3n) is 4.89. The number of aromatic carboxylic acids is 2. The molecule has 13 nitrogen and oxygen atoms in total. The van der Waals surface area contributed by atoms with Gasteiger partial charge in [-0.2, -0.15) is 0 Å². The van der Waals surface area contributed by atoms with Crippen molar-refractivity contribution in [3.63, 3.8) is 0 Å². The molecule has 3 aromatic rings. The minimum Gasteiger partial charge on any atom is -0.545 e. The van der Waals surface area contributed by atoms with E-state index in [1.54, 1.807) is 0 Å². The van der Waals surface area contributed by atoms with Gasteiger partial charge in [0.2, 0.25) is 0 Å². The van der Waals surface area contributed by atoms with Crippen LogP contribution in [0.2, 0.25) is 0 Å². The van der Waals surface area contributed by atoms with E-state index in [2.05, 4.69) is 0 Å². The van der Waals surface area contributed by atoms with Crippen LogP contribution in [-0.4, -0.2) is 52.3 Å². The molecule has 1 heterocycles. The number of carbonyl (C=O) groups excluding carboxylic acids is 4. The number of ether oxygens (including phenoxy) is 6. The SMILES string of the molecule is COc1cc(OC(=O)c2cocc2C(=O)Oc2cc(OC)c(C(=O)[O-])c(OC)c2)cc(OC)c1C(=O)[O-]. The van der Waals surface area contributed by atoms with E-state index in [9.17, 15) is 29.4 Å². The Morgan fingerprint density at radius 3 is 1.14 bits per heavy atom. The third kappa shape index (κ3) is 5.40. The van der Waals surface area contributed by atoms with E-state index < -0.39 is 35.0 Å². The lowest BCUT2D eigenvalue weighted by Crippen LogP contribution is -2.24. The van der Waals surface area contributed by atoms with E-state index in [4.69, 9.17) is 32.8 Å². The van der Waals surface area contributed by atoms with Crippen molar-refractivity contribution in [1.29, 1.82) is 0 Å². The van der Waals surface area contributed by atoms with Crippen LogP contribution in [0.5, 0.6) is 34.5 Å². The average molecular weight is 514 g/mol. The summed E-state index contributed by atoms with van der Waals surface area (Å²) in [7, 11) is 4.78. The highest BCUT2D eigenvalue weighted by atomic mass is 16.5. The molecule has 0 N–H and O–H groups in total. The fourth-order valence-electron chi connectivity index (χ4n) is 3.23. The molecule has 2 aromatic carbocycles. The first kappa shape index (κ1) is 26.4. The van der Waals surface area contributed by atoms with Crippen LogP contribution >= 0.6 is 0 Å². The standard InChI is InChI=1S/C24H20O13/c1-31-15-5-11(6-16(32-2)19(15)21(25)26)36-23(29)13-9-35-10-14(13)24(30)37-12-7-17(33-3)20(22(27)28)18(8-12)34-4/h5-10H,1-4H3,(H,25,26)(H,27,28)/p-2. The highest BCUT2D eigenvalue weighted by molar-refractivity contribution is 6.04. The molecule has 0 aliphatic carbocycles. The highest BCUT2D eigenvalue weighted by Gasteiger charge is 2.25. The Bertz CT molecular complexity index is 1220.